The molecule has 1 amide bonds. The number of hydrogen-bond acceptors (Lipinski definition) is 10. The van der Waals surface area contributed by atoms with E-state index >= 15 is 0 Å². The average Bonchev–Trinajstić information content (AvgIpc) is 3.14. The van der Waals surface area contributed by atoms with Crippen LogP contribution < -0.4 is 5.32 Å². The number of ether oxygens (including phenoxy) is 5. The number of aliphatic hydroxyl groups excluding tert-OH is 1. The number of carbonyl (C=O) groups is 2. The Hall–Kier alpha value is -3.63. The predicted octanol–water partition coefficient (Wildman–Crippen LogP) is 5.93. The summed E-state index contributed by atoms with van der Waals surface area (Å²) < 4.78 is 85.3. The Morgan fingerprint density at radius 3 is 1.85 bits per heavy atom. The number of halogens is 4. The molecule has 2 aromatic rings. The fourth-order valence-corrected chi connectivity index (χ4v) is 6.60. The van der Waals surface area contributed by atoms with E-state index in [0.29, 0.717) is 12.8 Å². The third-order valence-electron chi connectivity index (χ3n) is 9.39. The summed E-state index contributed by atoms with van der Waals surface area (Å²) in [7, 11) is 0. The van der Waals surface area contributed by atoms with Crippen LogP contribution in [0.2, 0.25) is 0 Å². The summed E-state index contributed by atoms with van der Waals surface area (Å²) in [5.41, 5.74) is 1.34. The van der Waals surface area contributed by atoms with E-state index in [0.717, 1.165) is 11.1 Å². The van der Waals surface area contributed by atoms with Crippen molar-refractivity contribution >= 4 is 17.6 Å². The number of oxime groups is 1. The van der Waals surface area contributed by atoms with Crippen LogP contribution >= 0.6 is 0 Å². The Balaban J connectivity index is 0.000000286. The van der Waals surface area contributed by atoms with Gasteiger partial charge >= 0.3 is 11.9 Å². The molecule has 0 spiro atoms. The van der Waals surface area contributed by atoms with Crippen LogP contribution in [0.3, 0.4) is 0 Å². The molecule has 53 heavy (non-hydrogen) atoms. The van der Waals surface area contributed by atoms with Crippen LogP contribution in [0, 0.1) is 11.8 Å². The molecule has 9 atom stereocenters. The SMILES string of the molecule is CCOC(=O)C(F)(F)[C@H]1O[C@H](CC)[C@H](C)[C@H](OCc2ccccc2)/C1=N/O.CC[C@H]1O[C@H](C(F)(F)CO)C(NC(C)=O)[C@@H](OCc2ccccc2)[C@H]1C. The van der Waals surface area contributed by atoms with Crippen molar-refractivity contribution in [2.24, 2.45) is 17.0 Å². The monoisotopic (exact) mass is 756 g/mol. The second-order valence-electron chi connectivity index (χ2n) is 13.2. The van der Waals surface area contributed by atoms with Crippen molar-refractivity contribution in [1.82, 2.24) is 5.32 Å². The first kappa shape index (κ1) is 43.8. The number of alkyl halides is 4. The molecule has 1 unspecified atom stereocenters. The lowest BCUT2D eigenvalue weighted by Crippen LogP contribution is -2.66. The van der Waals surface area contributed by atoms with Crippen molar-refractivity contribution < 1.29 is 61.1 Å². The first-order valence-corrected chi connectivity index (χ1v) is 17.8. The van der Waals surface area contributed by atoms with Gasteiger partial charge in [-0.3, -0.25) is 4.79 Å². The number of esters is 1. The molecule has 2 aliphatic rings. The first-order chi connectivity index (χ1) is 25.2. The molecule has 0 radical (unpaired) electrons. The van der Waals surface area contributed by atoms with Gasteiger partial charge in [0.05, 0.1) is 44.2 Å². The van der Waals surface area contributed by atoms with Crippen LogP contribution in [-0.2, 0) is 46.5 Å². The molecule has 15 heteroatoms. The van der Waals surface area contributed by atoms with Crippen molar-refractivity contribution in [3.63, 3.8) is 0 Å². The van der Waals surface area contributed by atoms with Crippen LogP contribution in [0.1, 0.15) is 65.5 Å². The summed E-state index contributed by atoms with van der Waals surface area (Å²) in [4.78, 5) is 23.4. The number of carbonyl (C=O) groups excluding carboxylic acids is 2. The van der Waals surface area contributed by atoms with Crippen molar-refractivity contribution in [2.75, 3.05) is 13.2 Å². The molecule has 3 N–H and O–H groups in total. The molecule has 2 fully saturated rings. The zero-order valence-electron chi connectivity index (χ0n) is 30.9. The fraction of sp³-hybridized carbons (Fsp3) is 0.605. The van der Waals surface area contributed by atoms with Gasteiger partial charge in [-0.15, -0.1) is 0 Å². The second kappa shape index (κ2) is 20.2. The number of amides is 1. The van der Waals surface area contributed by atoms with Gasteiger partial charge in [-0.2, -0.15) is 8.78 Å². The first-order valence-electron chi connectivity index (χ1n) is 17.8. The van der Waals surface area contributed by atoms with Crippen LogP contribution in [0.5, 0.6) is 0 Å². The van der Waals surface area contributed by atoms with E-state index in [2.05, 4.69) is 15.2 Å². The van der Waals surface area contributed by atoms with Gasteiger partial charge in [0.2, 0.25) is 5.91 Å². The molecule has 11 nitrogen and oxygen atoms in total. The third kappa shape index (κ3) is 11.2. The predicted molar refractivity (Wildman–Crippen MR) is 187 cm³/mol. The molecular weight excluding hydrogens is 704 g/mol. The van der Waals surface area contributed by atoms with Crippen LogP contribution in [0.25, 0.3) is 0 Å². The Bertz CT molecular complexity index is 1450. The van der Waals surface area contributed by atoms with Crippen molar-refractivity contribution in [1.29, 1.82) is 0 Å². The summed E-state index contributed by atoms with van der Waals surface area (Å²) >= 11 is 0. The molecule has 0 aliphatic carbocycles. The average molecular weight is 757 g/mol. The summed E-state index contributed by atoms with van der Waals surface area (Å²) in [6.45, 7) is 8.79. The highest BCUT2D eigenvalue weighted by molar-refractivity contribution is 5.98. The second-order valence-corrected chi connectivity index (χ2v) is 13.2. The Morgan fingerprint density at radius 1 is 0.849 bits per heavy atom. The summed E-state index contributed by atoms with van der Waals surface area (Å²) in [5, 5.41) is 24.1. The van der Waals surface area contributed by atoms with E-state index < -0.39 is 78.7 Å². The largest absolute Gasteiger partial charge is 0.461 e. The van der Waals surface area contributed by atoms with E-state index in [1.54, 1.807) is 13.8 Å². The summed E-state index contributed by atoms with van der Waals surface area (Å²) in [5.74, 6) is -10.2. The Kier molecular flexibility index (Phi) is 16.7. The van der Waals surface area contributed by atoms with Crippen LogP contribution in [-0.4, -0.2) is 95.6 Å². The summed E-state index contributed by atoms with van der Waals surface area (Å²) in [6.07, 6.45) is -5.40. The number of hydrogen-bond donors (Lipinski definition) is 3. The lowest BCUT2D eigenvalue weighted by atomic mass is 9.83. The molecule has 0 bridgehead atoms. The van der Waals surface area contributed by atoms with E-state index in [4.69, 9.17) is 24.1 Å². The smallest absolute Gasteiger partial charge is 0.380 e. The minimum Gasteiger partial charge on any atom is -0.461 e. The lowest BCUT2D eigenvalue weighted by molar-refractivity contribution is -0.246. The minimum absolute atomic E-state index is 0.142. The number of rotatable bonds is 14. The van der Waals surface area contributed by atoms with Gasteiger partial charge < -0.3 is 39.3 Å². The van der Waals surface area contributed by atoms with Gasteiger partial charge in [0.25, 0.3) is 5.92 Å². The molecule has 0 aromatic heterocycles. The molecule has 296 valence electrons. The van der Waals surface area contributed by atoms with Gasteiger partial charge in [0.15, 0.2) is 6.10 Å². The molecule has 2 heterocycles. The normalized spacial score (nSPS) is 28.4. The molecule has 2 saturated heterocycles. The number of benzene rings is 2. The van der Waals surface area contributed by atoms with Crippen molar-refractivity contribution in [3.8, 4) is 0 Å². The van der Waals surface area contributed by atoms with Crippen LogP contribution in [0.15, 0.2) is 65.8 Å². The third-order valence-corrected chi connectivity index (χ3v) is 9.39. The van der Waals surface area contributed by atoms with E-state index in [-0.39, 0.29) is 31.7 Å². The molecule has 0 saturated carbocycles. The zero-order chi connectivity index (χ0) is 39.3. The zero-order valence-corrected chi connectivity index (χ0v) is 30.9. The van der Waals surface area contributed by atoms with Gasteiger partial charge in [0.1, 0.15) is 24.5 Å². The quantitative estimate of drug-likeness (QED) is 0.0925. The van der Waals surface area contributed by atoms with E-state index in [1.807, 2.05) is 74.5 Å². The maximum Gasteiger partial charge on any atom is 0.380 e. The van der Waals surface area contributed by atoms with E-state index in [1.165, 1.54) is 13.8 Å². The topological polar surface area (TPSA) is 145 Å². The maximum atomic E-state index is 14.7. The van der Waals surface area contributed by atoms with Crippen molar-refractivity contribution in [2.45, 2.75) is 122 Å². The number of nitrogens with zero attached hydrogens (tertiary/aromatic N) is 1. The van der Waals surface area contributed by atoms with Crippen molar-refractivity contribution in [3.05, 3.63) is 71.8 Å². The van der Waals surface area contributed by atoms with Gasteiger partial charge in [-0.1, -0.05) is 93.5 Å². The lowest BCUT2D eigenvalue weighted by Gasteiger charge is -2.47. The molecule has 2 aromatic carbocycles. The highest BCUT2D eigenvalue weighted by atomic mass is 19.3. The van der Waals surface area contributed by atoms with Gasteiger partial charge in [-0.05, 0) is 30.9 Å². The minimum atomic E-state index is -4.00. The highest BCUT2D eigenvalue weighted by Crippen LogP contribution is 2.38. The Labute approximate surface area is 308 Å². The molecule has 2 aliphatic heterocycles. The van der Waals surface area contributed by atoms with Gasteiger partial charge in [0, 0.05) is 18.8 Å². The van der Waals surface area contributed by atoms with Crippen LogP contribution in [0.4, 0.5) is 17.6 Å². The Morgan fingerprint density at radius 2 is 1.38 bits per heavy atom. The standard InChI is InChI=1S/C19H25F2NO5.C19H27F2NO4/c1-4-14-12(3)16(26-11-13-9-7-6-8-10-13)15(22-24)17(27-14)19(20,21)18(23)25-5-2;1-4-15-12(2)17(25-10-14-8-6-5-7-9-14)16(22-13(3)24)18(26-15)19(20,21)11-23/h6-10,12,14,16-17,24H,4-5,11H2,1-3H3;5-9,12,15-18,23H,4,10-11H2,1-3H3,(H,22,24)/b22-15-;/t12-,14+,16-,17-;12-,15+,16?,17-,18-/m00/s1. The summed E-state index contributed by atoms with van der Waals surface area (Å²) in [6, 6.07) is 17.5. The maximum absolute atomic E-state index is 14.7. The molecule has 4 rings (SSSR count). The van der Waals surface area contributed by atoms with E-state index in [9.17, 15) is 32.4 Å². The fourth-order valence-electron chi connectivity index (χ4n) is 6.60. The number of nitrogens with one attached hydrogen (secondary N) is 1. The highest BCUT2D eigenvalue weighted by Gasteiger charge is 2.58. The number of aliphatic hydroxyl groups is 1. The van der Waals surface area contributed by atoms with Gasteiger partial charge in [-0.25, -0.2) is 13.6 Å². The molecular formula is C38H52F4N2O9.